The molecule has 1 atom stereocenters. The smallest absolute Gasteiger partial charge is 0.311 e. The standard InChI is InChI=1S/C22H23ClN2O5/c1-3-14-6-4-5-7-18(14)25-12-15(10-21(25)27)22(28)30-13-20(26)24-17-11-16(23)8-9-19(17)29-2/h4-9,11,15H,3,10,12-13H2,1-2H3,(H,24,26). The van der Waals surface area contributed by atoms with Gasteiger partial charge in [-0.3, -0.25) is 14.4 Å². The Labute approximate surface area is 179 Å². The highest BCUT2D eigenvalue weighted by molar-refractivity contribution is 6.31. The molecule has 8 heteroatoms. The van der Waals surface area contributed by atoms with E-state index in [-0.39, 0.29) is 18.9 Å². The van der Waals surface area contributed by atoms with Gasteiger partial charge >= 0.3 is 5.97 Å². The van der Waals surface area contributed by atoms with Gasteiger partial charge in [0, 0.05) is 23.7 Å². The summed E-state index contributed by atoms with van der Waals surface area (Å²) in [5.41, 5.74) is 2.23. The van der Waals surface area contributed by atoms with Crippen LogP contribution in [0.5, 0.6) is 5.75 Å². The molecule has 1 saturated heterocycles. The van der Waals surface area contributed by atoms with Gasteiger partial charge in [0.2, 0.25) is 5.91 Å². The molecule has 7 nitrogen and oxygen atoms in total. The van der Waals surface area contributed by atoms with E-state index in [1.54, 1.807) is 23.1 Å². The number of nitrogens with zero attached hydrogens (tertiary/aromatic N) is 1. The topological polar surface area (TPSA) is 84.9 Å². The first kappa shape index (κ1) is 21.6. The molecule has 30 heavy (non-hydrogen) atoms. The first-order valence-corrected chi connectivity index (χ1v) is 9.99. The molecule has 0 bridgehead atoms. The number of hydrogen-bond acceptors (Lipinski definition) is 5. The highest BCUT2D eigenvalue weighted by Crippen LogP contribution is 2.29. The van der Waals surface area contributed by atoms with Gasteiger partial charge in [0.25, 0.3) is 5.91 Å². The number of amides is 2. The van der Waals surface area contributed by atoms with Gasteiger partial charge in [-0.05, 0) is 36.2 Å². The molecule has 1 aliphatic heterocycles. The molecule has 1 aliphatic rings. The summed E-state index contributed by atoms with van der Waals surface area (Å²) >= 11 is 5.94. The van der Waals surface area contributed by atoms with Crippen molar-refractivity contribution in [2.24, 2.45) is 5.92 Å². The molecule has 1 unspecified atom stereocenters. The Hall–Kier alpha value is -3.06. The number of anilines is 2. The van der Waals surface area contributed by atoms with Gasteiger partial charge in [-0.15, -0.1) is 0 Å². The zero-order valence-corrected chi connectivity index (χ0v) is 17.6. The summed E-state index contributed by atoms with van der Waals surface area (Å²) in [6, 6.07) is 12.4. The number of methoxy groups -OCH3 is 1. The number of carbonyl (C=O) groups is 3. The SMILES string of the molecule is CCc1ccccc1N1CC(C(=O)OCC(=O)Nc2cc(Cl)ccc2OC)CC1=O. The average molecular weight is 431 g/mol. The van der Waals surface area contributed by atoms with E-state index < -0.39 is 24.4 Å². The minimum Gasteiger partial charge on any atom is -0.495 e. The van der Waals surface area contributed by atoms with Gasteiger partial charge in [-0.1, -0.05) is 36.7 Å². The van der Waals surface area contributed by atoms with Crippen molar-refractivity contribution in [3.8, 4) is 5.75 Å². The Morgan fingerprint density at radius 3 is 2.73 bits per heavy atom. The summed E-state index contributed by atoms with van der Waals surface area (Å²) in [4.78, 5) is 38.7. The van der Waals surface area contributed by atoms with Gasteiger partial charge < -0.3 is 19.7 Å². The Morgan fingerprint density at radius 2 is 2.00 bits per heavy atom. The van der Waals surface area contributed by atoms with Crippen molar-refractivity contribution in [1.29, 1.82) is 0 Å². The van der Waals surface area contributed by atoms with Crippen molar-refractivity contribution >= 4 is 40.8 Å². The highest BCUT2D eigenvalue weighted by atomic mass is 35.5. The van der Waals surface area contributed by atoms with Crippen molar-refractivity contribution in [3.05, 3.63) is 53.1 Å². The van der Waals surface area contributed by atoms with Crippen LogP contribution in [0.1, 0.15) is 18.9 Å². The van der Waals surface area contributed by atoms with E-state index in [0.717, 1.165) is 17.7 Å². The molecule has 0 aliphatic carbocycles. The van der Waals surface area contributed by atoms with E-state index in [2.05, 4.69) is 5.32 Å². The molecule has 1 N–H and O–H groups in total. The van der Waals surface area contributed by atoms with Crippen LogP contribution in [0.4, 0.5) is 11.4 Å². The van der Waals surface area contributed by atoms with Crippen LogP contribution < -0.4 is 15.0 Å². The summed E-state index contributed by atoms with van der Waals surface area (Å²) in [7, 11) is 1.47. The molecule has 2 amide bonds. The number of hydrogen-bond donors (Lipinski definition) is 1. The minimum atomic E-state index is -0.615. The molecule has 2 aromatic carbocycles. The zero-order chi connectivity index (χ0) is 21.7. The van der Waals surface area contributed by atoms with Crippen LogP contribution in [0, 0.1) is 5.92 Å². The van der Waals surface area contributed by atoms with Crippen molar-refractivity contribution < 1.29 is 23.9 Å². The summed E-state index contributed by atoms with van der Waals surface area (Å²) < 4.78 is 10.3. The lowest BCUT2D eigenvalue weighted by atomic mass is 10.1. The van der Waals surface area contributed by atoms with Crippen molar-refractivity contribution in [2.75, 3.05) is 30.5 Å². The third kappa shape index (κ3) is 4.91. The summed E-state index contributed by atoms with van der Waals surface area (Å²) in [5, 5.41) is 3.03. The molecule has 3 rings (SSSR count). The molecule has 0 radical (unpaired) electrons. The van der Waals surface area contributed by atoms with Crippen LogP contribution in [0.15, 0.2) is 42.5 Å². The fourth-order valence-electron chi connectivity index (χ4n) is 3.39. The fraction of sp³-hybridized carbons (Fsp3) is 0.318. The van der Waals surface area contributed by atoms with Gasteiger partial charge in [-0.2, -0.15) is 0 Å². The van der Waals surface area contributed by atoms with Gasteiger partial charge in [0.05, 0.1) is 18.7 Å². The monoisotopic (exact) mass is 430 g/mol. The maximum absolute atomic E-state index is 12.5. The molecule has 1 fully saturated rings. The maximum atomic E-state index is 12.5. The molecule has 158 valence electrons. The van der Waals surface area contributed by atoms with Gasteiger partial charge in [-0.25, -0.2) is 0 Å². The molecule has 2 aromatic rings. The summed E-state index contributed by atoms with van der Waals surface area (Å²) in [5.74, 6) is -1.41. The van der Waals surface area contributed by atoms with Crippen molar-refractivity contribution in [3.63, 3.8) is 0 Å². The lowest BCUT2D eigenvalue weighted by Crippen LogP contribution is -2.28. The number of ether oxygens (including phenoxy) is 2. The Kier molecular flexibility index (Phi) is 6.95. The van der Waals surface area contributed by atoms with Crippen molar-refractivity contribution in [2.45, 2.75) is 19.8 Å². The highest BCUT2D eigenvalue weighted by Gasteiger charge is 2.37. The number of para-hydroxylation sites is 1. The van der Waals surface area contributed by atoms with Crippen LogP contribution >= 0.6 is 11.6 Å². The van der Waals surface area contributed by atoms with Gasteiger partial charge in [0.15, 0.2) is 6.61 Å². The number of aryl methyl sites for hydroxylation is 1. The van der Waals surface area contributed by atoms with E-state index >= 15 is 0 Å². The molecule has 0 saturated carbocycles. The zero-order valence-electron chi connectivity index (χ0n) is 16.8. The van der Waals surface area contributed by atoms with E-state index in [0.29, 0.717) is 16.5 Å². The third-order valence-electron chi connectivity index (χ3n) is 4.90. The van der Waals surface area contributed by atoms with Crippen LogP contribution in [0.3, 0.4) is 0 Å². The molecular formula is C22H23ClN2O5. The summed E-state index contributed by atoms with van der Waals surface area (Å²) in [6.45, 7) is 1.78. The Bertz CT molecular complexity index is 962. The van der Waals surface area contributed by atoms with Crippen LogP contribution in [0.25, 0.3) is 0 Å². The first-order chi connectivity index (χ1) is 14.4. The van der Waals surface area contributed by atoms with Crippen LogP contribution in [0.2, 0.25) is 5.02 Å². The molecular weight excluding hydrogens is 408 g/mol. The first-order valence-electron chi connectivity index (χ1n) is 9.61. The number of carbonyl (C=O) groups excluding carboxylic acids is 3. The summed E-state index contributed by atoms with van der Waals surface area (Å²) in [6.07, 6.45) is 0.836. The number of esters is 1. The number of rotatable bonds is 7. The number of nitrogens with one attached hydrogen (secondary N) is 1. The molecule has 1 heterocycles. The molecule has 0 aromatic heterocycles. The normalized spacial score (nSPS) is 15.8. The number of benzene rings is 2. The van der Waals surface area contributed by atoms with E-state index in [9.17, 15) is 14.4 Å². The lowest BCUT2D eigenvalue weighted by Gasteiger charge is -2.19. The fourth-order valence-corrected chi connectivity index (χ4v) is 3.56. The van der Waals surface area contributed by atoms with E-state index in [4.69, 9.17) is 21.1 Å². The van der Waals surface area contributed by atoms with Crippen molar-refractivity contribution in [1.82, 2.24) is 0 Å². The van der Waals surface area contributed by atoms with Crippen LogP contribution in [-0.4, -0.2) is 38.0 Å². The lowest BCUT2D eigenvalue weighted by molar-refractivity contribution is -0.151. The third-order valence-corrected chi connectivity index (χ3v) is 5.14. The van der Waals surface area contributed by atoms with Gasteiger partial charge in [0.1, 0.15) is 5.75 Å². The second-order valence-electron chi connectivity index (χ2n) is 6.89. The average Bonchev–Trinajstić information content (AvgIpc) is 3.13. The second kappa shape index (κ2) is 9.63. The Morgan fingerprint density at radius 1 is 1.23 bits per heavy atom. The predicted molar refractivity (Wildman–Crippen MR) is 114 cm³/mol. The van der Waals surface area contributed by atoms with E-state index in [1.807, 2.05) is 31.2 Å². The minimum absolute atomic E-state index is 0.0562. The quantitative estimate of drug-likeness (QED) is 0.680. The largest absolute Gasteiger partial charge is 0.495 e. The van der Waals surface area contributed by atoms with Crippen LogP contribution in [-0.2, 0) is 25.5 Å². The van der Waals surface area contributed by atoms with E-state index in [1.165, 1.54) is 7.11 Å². The molecule has 0 spiro atoms. The predicted octanol–water partition coefficient (Wildman–Crippen LogP) is 3.45. The number of halogens is 1. The Balaban J connectivity index is 1.57. The second-order valence-corrected chi connectivity index (χ2v) is 7.32. The maximum Gasteiger partial charge on any atom is 0.311 e.